The van der Waals surface area contributed by atoms with Crippen LogP contribution in [0.25, 0.3) is 0 Å². The summed E-state index contributed by atoms with van der Waals surface area (Å²) in [6.07, 6.45) is 0. The molecule has 0 aromatic heterocycles. The van der Waals surface area contributed by atoms with Crippen molar-refractivity contribution in [2.75, 3.05) is 12.4 Å². The highest BCUT2D eigenvalue weighted by molar-refractivity contribution is 9.10. The summed E-state index contributed by atoms with van der Waals surface area (Å²) in [7, 11) is 1.59. The third-order valence-corrected chi connectivity index (χ3v) is 2.52. The van der Waals surface area contributed by atoms with Gasteiger partial charge in [-0.15, -0.1) is 0 Å². The number of amides is 1. The Morgan fingerprint density at radius 1 is 1.50 bits per heavy atom. The maximum absolute atomic E-state index is 10.7. The molecule has 6 heteroatoms. The van der Waals surface area contributed by atoms with Gasteiger partial charge in [-0.1, -0.05) is 0 Å². The zero-order valence-electron chi connectivity index (χ0n) is 8.83. The van der Waals surface area contributed by atoms with Crippen LogP contribution in [0, 0.1) is 0 Å². The van der Waals surface area contributed by atoms with Gasteiger partial charge in [-0.05, 0) is 46.3 Å². The first kappa shape index (κ1) is 12.9. The third-order valence-electron chi connectivity index (χ3n) is 1.70. The molecule has 1 aromatic rings. The van der Waals surface area contributed by atoms with Gasteiger partial charge < -0.3 is 15.4 Å². The summed E-state index contributed by atoms with van der Waals surface area (Å²) in [4.78, 5) is 10.7. The first-order valence-corrected chi connectivity index (χ1v) is 5.65. The van der Waals surface area contributed by atoms with Crippen molar-refractivity contribution in [3.05, 3.63) is 22.7 Å². The molecule has 1 rings (SSSR count). The summed E-state index contributed by atoms with van der Waals surface area (Å²) in [5.41, 5.74) is 0.770. The number of ether oxygens (including phenoxy) is 1. The van der Waals surface area contributed by atoms with Crippen LogP contribution in [-0.4, -0.2) is 18.1 Å². The molecule has 0 saturated heterocycles. The number of thiocarbonyl (C=S) groups is 1. The van der Waals surface area contributed by atoms with Crippen LogP contribution in [0.4, 0.5) is 5.69 Å². The molecule has 1 aromatic carbocycles. The Kier molecular flexibility index (Phi) is 4.70. The van der Waals surface area contributed by atoms with Crippen molar-refractivity contribution in [3.8, 4) is 5.75 Å². The van der Waals surface area contributed by atoms with E-state index in [1.165, 1.54) is 6.92 Å². The first-order valence-electron chi connectivity index (χ1n) is 4.45. The molecule has 0 spiro atoms. The number of nitrogens with one attached hydrogen (secondary N) is 2. The van der Waals surface area contributed by atoms with Crippen LogP contribution in [0.1, 0.15) is 6.92 Å². The molecule has 0 bridgehead atoms. The average Bonchev–Trinajstić information content (AvgIpc) is 2.16. The molecule has 1 amide bonds. The molecular formula is C10H11BrN2O2S. The molecule has 0 aliphatic carbocycles. The second-order valence-electron chi connectivity index (χ2n) is 2.98. The van der Waals surface area contributed by atoms with Gasteiger partial charge in [0.2, 0.25) is 5.91 Å². The second kappa shape index (κ2) is 5.81. The monoisotopic (exact) mass is 302 g/mol. The number of hydrogen-bond donors (Lipinski definition) is 2. The molecule has 16 heavy (non-hydrogen) atoms. The molecule has 0 heterocycles. The van der Waals surface area contributed by atoms with E-state index < -0.39 is 0 Å². The number of anilines is 1. The predicted molar refractivity (Wildman–Crippen MR) is 70.7 cm³/mol. The molecule has 0 fully saturated rings. The van der Waals surface area contributed by atoms with Crippen molar-refractivity contribution in [1.29, 1.82) is 0 Å². The quantitative estimate of drug-likeness (QED) is 0.823. The maximum atomic E-state index is 10.7. The fourth-order valence-electron chi connectivity index (χ4n) is 1.07. The fourth-order valence-corrected chi connectivity index (χ4v) is 1.87. The number of carbonyl (C=O) groups is 1. The minimum absolute atomic E-state index is 0.204. The Balaban J connectivity index is 2.71. The van der Waals surface area contributed by atoms with E-state index >= 15 is 0 Å². The van der Waals surface area contributed by atoms with Gasteiger partial charge in [0.15, 0.2) is 5.11 Å². The van der Waals surface area contributed by atoms with Gasteiger partial charge in [-0.2, -0.15) is 0 Å². The van der Waals surface area contributed by atoms with Crippen molar-refractivity contribution in [2.45, 2.75) is 6.92 Å². The molecule has 86 valence electrons. The molecule has 0 aliphatic heterocycles. The van der Waals surface area contributed by atoms with Crippen LogP contribution in [0.3, 0.4) is 0 Å². The van der Waals surface area contributed by atoms with Crippen LogP contribution < -0.4 is 15.4 Å². The summed E-state index contributed by atoms with van der Waals surface area (Å²) >= 11 is 8.28. The molecule has 0 aliphatic rings. The highest BCUT2D eigenvalue weighted by Crippen LogP contribution is 2.27. The highest BCUT2D eigenvalue weighted by Gasteiger charge is 2.03. The van der Waals surface area contributed by atoms with Gasteiger partial charge in [0, 0.05) is 12.6 Å². The molecular weight excluding hydrogens is 292 g/mol. The van der Waals surface area contributed by atoms with Gasteiger partial charge >= 0.3 is 0 Å². The van der Waals surface area contributed by atoms with Crippen LogP contribution in [0.2, 0.25) is 0 Å². The average molecular weight is 303 g/mol. The Bertz CT molecular complexity index is 423. The highest BCUT2D eigenvalue weighted by atomic mass is 79.9. The zero-order chi connectivity index (χ0) is 12.1. The number of halogens is 1. The van der Waals surface area contributed by atoms with E-state index in [0.29, 0.717) is 0 Å². The van der Waals surface area contributed by atoms with Gasteiger partial charge in [-0.25, -0.2) is 0 Å². The summed E-state index contributed by atoms with van der Waals surface area (Å²) < 4.78 is 5.90. The minimum Gasteiger partial charge on any atom is -0.496 e. The first-order chi connectivity index (χ1) is 7.52. The molecule has 0 saturated carbocycles. The van der Waals surface area contributed by atoms with E-state index in [0.717, 1.165) is 15.9 Å². The molecule has 0 atom stereocenters. The van der Waals surface area contributed by atoms with Crippen LogP contribution in [0.5, 0.6) is 5.75 Å². The van der Waals surface area contributed by atoms with Gasteiger partial charge in [0.05, 0.1) is 11.6 Å². The lowest BCUT2D eigenvalue weighted by Gasteiger charge is -2.09. The van der Waals surface area contributed by atoms with E-state index in [2.05, 4.69) is 26.6 Å². The zero-order valence-corrected chi connectivity index (χ0v) is 11.2. The van der Waals surface area contributed by atoms with Crippen molar-refractivity contribution < 1.29 is 9.53 Å². The topological polar surface area (TPSA) is 50.4 Å². The number of benzene rings is 1. The van der Waals surface area contributed by atoms with Crippen LogP contribution in [-0.2, 0) is 4.79 Å². The Hall–Kier alpha value is -1.14. The van der Waals surface area contributed by atoms with E-state index in [-0.39, 0.29) is 11.0 Å². The van der Waals surface area contributed by atoms with E-state index in [1.807, 2.05) is 6.07 Å². The van der Waals surface area contributed by atoms with E-state index in [9.17, 15) is 4.79 Å². The van der Waals surface area contributed by atoms with Crippen molar-refractivity contribution in [2.24, 2.45) is 0 Å². The largest absolute Gasteiger partial charge is 0.496 e. The predicted octanol–water partition coefficient (Wildman–Crippen LogP) is 2.29. The SMILES string of the molecule is COc1ccc(NC(=S)NC(C)=O)cc1Br. The lowest BCUT2D eigenvalue weighted by molar-refractivity contribution is -0.117. The summed E-state index contributed by atoms with van der Waals surface area (Å²) in [5.74, 6) is 0.529. The van der Waals surface area contributed by atoms with Gasteiger partial charge in [0.1, 0.15) is 5.75 Å². The number of rotatable bonds is 2. The summed E-state index contributed by atoms with van der Waals surface area (Å²) in [6, 6.07) is 5.41. The second-order valence-corrected chi connectivity index (χ2v) is 4.25. The Morgan fingerprint density at radius 3 is 2.69 bits per heavy atom. The molecule has 0 radical (unpaired) electrons. The van der Waals surface area contributed by atoms with Crippen molar-refractivity contribution in [3.63, 3.8) is 0 Å². The van der Waals surface area contributed by atoms with Crippen molar-refractivity contribution in [1.82, 2.24) is 5.32 Å². The fraction of sp³-hybridized carbons (Fsp3) is 0.200. The van der Waals surface area contributed by atoms with Gasteiger partial charge in [-0.3, -0.25) is 4.79 Å². The number of hydrogen-bond acceptors (Lipinski definition) is 3. The molecule has 0 unspecified atom stereocenters. The third kappa shape index (κ3) is 3.79. The summed E-state index contributed by atoms with van der Waals surface area (Å²) in [5, 5.41) is 5.62. The summed E-state index contributed by atoms with van der Waals surface area (Å²) in [6.45, 7) is 1.40. The van der Waals surface area contributed by atoms with E-state index in [1.54, 1.807) is 19.2 Å². The van der Waals surface area contributed by atoms with Gasteiger partial charge in [0.25, 0.3) is 0 Å². The standard InChI is InChI=1S/C10H11BrN2O2S/c1-6(14)12-10(16)13-7-3-4-9(15-2)8(11)5-7/h3-5H,1-2H3,(H2,12,13,14,16). The maximum Gasteiger partial charge on any atom is 0.222 e. The van der Waals surface area contributed by atoms with E-state index in [4.69, 9.17) is 17.0 Å². The van der Waals surface area contributed by atoms with Crippen molar-refractivity contribution >= 4 is 44.9 Å². The normalized spacial score (nSPS) is 9.44. The molecule has 4 nitrogen and oxygen atoms in total. The van der Waals surface area contributed by atoms with Crippen LogP contribution in [0.15, 0.2) is 22.7 Å². The number of carbonyl (C=O) groups excluding carboxylic acids is 1. The smallest absolute Gasteiger partial charge is 0.222 e. The Labute approximate surface area is 107 Å². The minimum atomic E-state index is -0.204. The number of methoxy groups -OCH3 is 1. The molecule has 2 N–H and O–H groups in total. The lowest BCUT2D eigenvalue weighted by atomic mass is 10.3. The van der Waals surface area contributed by atoms with Crippen LogP contribution >= 0.6 is 28.1 Å². The Morgan fingerprint density at radius 2 is 2.19 bits per heavy atom. The lowest BCUT2D eigenvalue weighted by Crippen LogP contribution is -2.32.